The molecule has 2 unspecified atom stereocenters. The number of ether oxygens (including phenoxy) is 1. The van der Waals surface area contributed by atoms with E-state index < -0.39 is 0 Å². The Balaban J connectivity index is 2.09. The Morgan fingerprint density at radius 2 is 2.17 bits per heavy atom. The largest absolute Gasteiger partial charge is 0.481 e. The zero-order chi connectivity index (χ0) is 13.0. The molecule has 2 rings (SSSR count). The third-order valence-corrected chi connectivity index (χ3v) is 3.50. The summed E-state index contributed by atoms with van der Waals surface area (Å²) in [4.78, 5) is 8.65. The van der Waals surface area contributed by atoms with Gasteiger partial charge in [-0.15, -0.1) is 0 Å². The lowest BCUT2D eigenvalue weighted by Gasteiger charge is -2.30. The number of methoxy groups -OCH3 is 1. The average molecular weight is 251 g/mol. The Hall–Kier alpha value is -1.36. The first-order chi connectivity index (χ1) is 8.72. The number of hydrogen-bond acceptors (Lipinski definition) is 5. The summed E-state index contributed by atoms with van der Waals surface area (Å²) < 4.78 is 5.14. The fourth-order valence-corrected chi connectivity index (χ4v) is 2.49. The molecule has 5 nitrogen and oxygen atoms in total. The van der Waals surface area contributed by atoms with E-state index >= 15 is 0 Å². The van der Waals surface area contributed by atoms with E-state index in [1.807, 2.05) is 6.92 Å². The summed E-state index contributed by atoms with van der Waals surface area (Å²) in [6, 6.07) is 2.06. The van der Waals surface area contributed by atoms with E-state index in [1.165, 1.54) is 12.8 Å². The molecule has 0 radical (unpaired) electrons. The summed E-state index contributed by atoms with van der Waals surface area (Å²) in [6.45, 7) is 2.14. The highest BCUT2D eigenvalue weighted by Gasteiger charge is 2.25. The van der Waals surface area contributed by atoms with Gasteiger partial charge >= 0.3 is 0 Å². The smallest absolute Gasteiger partial charge is 0.226 e. The topological polar surface area (TPSA) is 67.3 Å². The summed E-state index contributed by atoms with van der Waals surface area (Å²) in [5, 5.41) is 12.7. The molecule has 0 aromatic carbocycles. The summed E-state index contributed by atoms with van der Waals surface area (Å²) >= 11 is 0. The van der Waals surface area contributed by atoms with E-state index in [9.17, 15) is 5.11 Å². The number of anilines is 1. The van der Waals surface area contributed by atoms with Gasteiger partial charge in [-0.25, -0.2) is 4.98 Å². The van der Waals surface area contributed by atoms with Crippen molar-refractivity contribution >= 4 is 5.95 Å². The van der Waals surface area contributed by atoms with Gasteiger partial charge in [-0.2, -0.15) is 4.98 Å². The Morgan fingerprint density at radius 3 is 2.89 bits per heavy atom. The number of aliphatic hydroxyl groups is 1. The molecule has 1 heterocycles. The van der Waals surface area contributed by atoms with Crippen molar-refractivity contribution in [2.75, 3.05) is 19.0 Å². The van der Waals surface area contributed by atoms with Gasteiger partial charge in [-0.05, 0) is 19.8 Å². The Labute approximate surface area is 108 Å². The lowest BCUT2D eigenvalue weighted by atomic mass is 9.85. The van der Waals surface area contributed by atoms with Crippen molar-refractivity contribution in [1.82, 2.24) is 9.97 Å². The van der Waals surface area contributed by atoms with E-state index in [4.69, 9.17) is 4.74 Å². The summed E-state index contributed by atoms with van der Waals surface area (Å²) in [7, 11) is 1.60. The van der Waals surface area contributed by atoms with Crippen LogP contribution < -0.4 is 10.1 Å². The van der Waals surface area contributed by atoms with E-state index in [2.05, 4.69) is 15.3 Å². The van der Waals surface area contributed by atoms with Gasteiger partial charge < -0.3 is 15.2 Å². The number of nitrogens with one attached hydrogen (secondary N) is 1. The number of aliphatic hydroxyl groups excluding tert-OH is 1. The van der Waals surface area contributed by atoms with Crippen molar-refractivity contribution in [3.8, 4) is 5.88 Å². The molecule has 0 saturated heterocycles. The van der Waals surface area contributed by atoms with E-state index in [0.29, 0.717) is 17.7 Å². The van der Waals surface area contributed by atoms with Crippen LogP contribution in [0.2, 0.25) is 0 Å². The maximum absolute atomic E-state index is 9.39. The monoisotopic (exact) mass is 251 g/mol. The molecule has 0 aliphatic heterocycles. The van der Waals surface area contributed by atoms with Gasteiger partial charge in [0.25, 0.3) is 0 Å². The van der Waals surface area contributed by atoms with Crippen molar-refractivity contribution in [3.05, 3.63) is 11.8 Å². The number of nitrogens with zero attached hydrogens (tertiary/aromatic N) is 2. The van der Waals surface area contributed by atoms with Gasteiger partial charge in [0.1, 0.15) is 0 Å². The molecule has 1 aromatic heterocycles. The molecular formula is C13H21N3O2. The molecule has 100 valence electrons. The second kappa shape index (κ2) is 6.00. The second-order valence-corrected chi connectivity index (χ2v) is 4.85. The lowest BCUT2D eigenvalue weighted by molar-refractivity contribution is 0.178. The van der Waals surface area contributed by atoms with Crippen LogP contribution in [0.15, 0.2) is 6.07 Å². The molecule has 0 bridgehead atoms. The fraction of sp³-hybridized carbons (Fsp3) is 0.692. The van der Waals surface area contributed by atoms with Crippen molar-refractivity contribution in [2.45, 2.75) is 38.6 Å². The standard InChI is InChI=1S/C13H21N3O2/c1-9-7-12(18-2)16-13(14-9)15-11-6-4-3-5-10(11)8-17/h7,10-11,17H,3-6,8H2,1-2H3,(H,14,15,16). The quantitative estimate of drug-likeness (QED) is 0.853. The molecule has 18 heavy (non-hydrogen) atoms. The maximum atomic E-state index is 9.39. The number of aromatic nitrogens is 2. The molecule has 1 aliphatic carbocycles. The first kappa shape index (κ1) is 13.1. The summed E-state index contributed by atoms with van der Waals surface area (Å²) in [5.41, 5.74) is 0.876. The SMILES string of the molecule is COc1cc(C)nc(NC2CCCCC2CO)n1. The van der Waals surface area contributed by atoms with Crippen molar-refractivity contribution in [2.24, 2.45) is 5.92 Å². The fourth-order valence-electron chi connectivity index (χ4n) is 2.49. The van der Waals surface area contributed by atoms with Crippen LogP contribution in [0.1, 0.15) is 31.4 Å². The number of aryl methyl sites for hydroxylation is 1. The molecule has 1 fully saturated rings. The van der Waals surface area contributed by atoms with Gasteiger partial charge in [-0.3, -0.25) is 0 Å². The van der Waals surface area contributed by atoms with Gasteiger partial charge in [0.05, 0.1) is 7.11 Å². The van der Waals surface area contributed by atoms with Crippen LogP contribution in [-0.2, 0) is 0 Å². The first-order valence-electron chi connectivity index (χ1n) is 6.50. The van der Waals surface area contributed by atoms with Crippen LogP contribution >= 0.6 is 0 Å². The van der Waals surface area contributed by atoms with Crippen LogP contribution in [-0.4, -0.2) is 34.8 Å². The maximum Gasteiger partial charge on any atom is 0.226 e. The van der Waals surface area contributed by atoms with Crippen molar-refractivity contribution in [1.29, 1.82) is 0 Å². The zero-order valence-electron chi connectivity index (χ0n) is 11.0. The van der Waals surface area contributed by atoms with E-state index in [1.54, 1.807) is 13.2 Å². The first-order valence-corrected chi connectivity index (χ1v) is 6.50. The van der Waals surface area contributed by atoms with E-state index in [0.717, 1.165) is 18.5 Å². The lowest BCUT2D eigenvalue weighted by Crippen LogP contribution is -2.35. The second-order valence-electron chi connectivity index (χ2n) is 4.85. The minimum Gasteiger partial charge on any atom is -0.481 e. The minimum atomic E-state index is 0.223. The third-order valence-electron chi connectivity index (χ3n) is 3.50. The van der Waals surface area contributed by atoms with Crippen LogP contribution in [0, 0.1) is 12.8 Å². The molecule has 1 aromatic rings. The molecule has 2 N–H and O–H groups in total. The molecule has 1 aliphatic rings. The van der Waals surface area contributed by atoms with Gasteiger partial charge in [0.15, 0.2) is 0 Å². The molecule has 1 saturated carbocycles. The zero-order valence-corrected chi connectivity index (χ0v) is 11.0. The number of hydrogen-bond donors (Lipinski definition) is 2. The highest BCUT2D eigenvalue weighted by Crippen LogP contribution is 2.26. The molecule has 0 spiro atoms. The normalized spacial score (nSPS) is 23.7. The highest BCUT2D eigenvalue weighted by molar-refractivity contribution is 5.32. The Morgan fingerprint density at radius 1 is 1.39 bits per heavy atom. The highest BCUT2D eigenvalue weighted by atomic mass is 16.5. The molecule has 2 atom stereocenters. The number of rotatable bonds is 4. The average Bonchev–Trinajstić information content (AvgIpc) is 2.38. The van der Waals surface area contributed by atoms with Crippen molar-refractivity contribution in [3.63, 3.8) is 0 Å². The molecular weight excluding hydrogens is 230 g/mol. The molecule has 5 heteroatoms. The summed E-state index contributed by atoms with van der Waals surface area (Å²) in [5.74, 6) is 1.47. The third kappa shape index (κ3) is 3.10. The predicted octanol–water partition coefficient (Wildman–Crippen LogP) is 1.76. The van der Waals surface area contributed by atoms with Crippen LogP contribution in [0.25, 0.3) is 0 Å². The minimum absolute atomic E-state index is 0.223. The summed E-state index contributed by atoms with van der Waals surface area (Å²) in [6.07, 6.45) is 4.51. The Kier molecular flexibility index (Phi) is 4.36. The Bertz CT molecular complexity index is 398. The van der Waals surface area contributed by atoms with Crippen LogP contribution in [0.5, 0.6) is 5.88 Å². The van der Waals surface area contributed by atoms with Gasteiger partial charge in [0.2, 0.25) is 11.8 Å². The van der Waals surface area contributed by atoms with Gasteiger partial charge in [-0.1, -0.05) is 12.8 Å². The van der Waals surface area contributed by atoms with E-state index in [-0.39, 0.29) is 12.6 Å². The molecule has 0 amide bonds. The van der Waals surface area contributed by atoms with Crippen LogP contribution in [0.3, 0.4) is 0 Å². The van der Waals surface area contributed by atoms with Crippen LogP contribution in [0.4, 0.5) is 5.95 Å². The van der Waals surface area contributed by atoms with Crippen molar-refractivity contribution < 1.29 is 9.84 Å². The van der Waals surface area contributed by atoms with Gasteiger partial charge in [0, 0.05) is 30.3 Å². The predicted molar refractivity (Wildman–Crippen MR) is 69.8 cm³/mol.